The lowest BCUT2D eigenvalue weighted by Gasteiger charge is -2.14. The van der Waals surface area contributed by atoms with Gasteiger partial charge in [-0.3, -0.25) is 0 Å². The third-order valence-electron chi connectivity index (χ3n) is 1.63. The van der Waals surface area contributed by atoms with Crippen LogP contribution in [-0.4, -0.2) is 0 Å². The maximum atomic E-state index is 12.4. The molecule has 1 aromatic carbocycles. The molecular formula is C7H6BrF3N2S. The first-order chi connectivity index (χ1) is 6.25. The number of nitrogen functional groups attached to an aromatic ring is 2. The Morgan fingerprint density at radius 3 is 2.14 bits per heavy atom. The van der Waals surface area contributed by atoms with Crippen LogP contribution < -0.4 is 11.5 Å². The van der Waals surface area contributed by atoms with Gasteiger partial charge in [0.05, 0.1) is 16.9 Å². The highest BCUT2D eigenvalue weighted by atomic mass is 79.9. The number of rotatable bonds is 0. The Morgan fingerprint density at radius 2 is 1.71 bits per heavy atom. The van der Waals surface area contributed by atoms with Gasteiger partial charge in [0.2, 0.25) is 0 Å². The molecule has 78 valence electrons. The number of nitrogens with two attached hydrogens (primary N) is 2. The Bertz CT molecular complexity index is 378. The van der Waals surface area contributed by atoms with Gasteiger partial charge in [-0.1, -0.05) is 0 Å². The van der Waals surface area contributed by atoms with E-state index in [1.807, 2.05) is 0 Å². The van der Waals surface area contributed by atoms with Crippen molar-refractivity contribution in [2.24, 2.45) is 0 Å². The lowest BCUT2D eigenvalue weighted by molar-refractivity contribution is -0.139. The summed E-state index contributed by atoms with van der Waals surface area (Å²) >= 11 is 6.56. The van der Waals surface area contributed by atoms with Gasteiger partial charge >= 0.3 is 6.18 Å². The second-order valence-corrected chi connectivity index (χ2v) is 3.88. The van der Waals surface area contributed by atoms with Gasteiger partial charge in [0, 0.05) is 9.37 Å². The SMILES string of the molecule is Nc1c(Br)cc(C(F)(F)F)c(S)c1N. The van der Waals surface area contributed by atoms with Gasteiger partial charge in [-0.05, 0) is 22.0 Å². The van der Waals surface area contributed by atoms with Crippen molar-refractivity contribution in [2.45, 2.75) is 11.1 Å². The molecule has 0 aliphatic rings. The molecule has 0 heterocycles. The third-order valence-corrected chi connectivity index (χ3v) is 2.77. The fourth-order valence-electron chi connectivity index (χ4n) is 0.890. The average molecular weight is 287 g/mol. The van der Waals surface area contributed by atoms with Gasteiger partial charge in [0.25, 0.3) is 0 Å². The number of benzene rings is 1. The predicted octanol–water partition coefficient (Wildman–Crippen LogP) is 2.92. The van der Waals surface area contributed by atoms with E-state index in [9.17, 15) is 13.2 Å². The predicted molar refractivity (Wildman–Crippen MR) is 55.2 cm³/mol. The van der Waals surface area contributed by atoms with Crippen LogP contribution in [0.4, 0.5) is 24.5 Å². The molecule has 0 radical (unpaired) electrons. The zero-order valence-electron chi connectivity index (χ0n) is 6.69. The number of hydrogen-bond acceptors (Lipinski definition) is 3. The van der Waals surface area contributed by atoms with Crippen LogP contribution in [0.2, 0.25) is 0 Å². The number of anilines is 2. The van der Waals surface area contributed by atoms with Gasteiger partial charge in [0.1, 0.15) is 0 Å². The van der Waals surface area contributed by atoms with Crippen LogP contribution in [-0.2, 0) is 6.18 Å². The van der Waals surface area contributed by atoms with Crippen molar-refractivity contribution in [3.63, 3.8) is 0 Å². The number of halogens is 4. The molecule has 4 N–H and O–H groups in total. The molecule has 0 bridgehead atoms. The van der Waals surface area contributed by atoms with Crippen molar-refractivity contribution >= 4 is 39.9 Å². The number of alkyl halides is 3. The minimum Gasteiger partial charge on any atom is -0.396 e. The summed E-state index contributed by atoms with van der Waals surface area (Å²) in [5.74, 6) is 0. The van der Waals surface area contributed by atoms with Crippen LogP contribution in [0.3, 0.4) is 0 Å². The Balaban J connectivity index is 3.49. The highest BCUT2D eigenvalue weighted by Crippen LogP contribution is 2.41. The summed E-state index contributed by atoms with van der Waals surface area (Å²) in [6.45, 7) is 0. The highest BCUT2D eigenvalue weighted by Gasteiger charge is 2.34. The second kappa shape index (κ2) is 3.54. The lowest BCUT2D eigenvalue weighted by Crippen LogP contribution is -2.09. The summed E-state index contributed by atoms with van der Waals surface area (Å²) < 4.78 is 37.2. The van der Waals surface area contributed by atoms with E-state index in [0.29, 0.717) is 0 Å². The quantitative estimate of drug-likeness (QED) is 0.507. The monoisotopic (exact) mass is 286 g/mol. The van der Waals surface area contributed by atoms with Crippen LogP contribution in [0, 0.1) is 0 Å². The molecule has 2 nitrogen and oxygen atoms in total. The minimum atomic E-state index is -4.48. The van der Waals surface area contributed by atoms with Crippen molar-refractivity contribution in [3.8, 4) is 0 Å². The molecule has 0 spiro atoms. The van der Waals surface area contributed by atoms with Gasteiger partial charge in [-0.25, -0.2) is 0 Å². The first-order valence-corrected chi connectivity index (χ1v) is 4.62. The zero-order valence-corrected chi connectivity index (χ0v) is 9.17. The van der Waals surface area contributed by atoms with Crippen molar-refractivity contribution < 1.29 is 13.2 Å². The van der Waals surface area contributed by atoms with E-state index in [-0.39, 0.29) is 20.7 Å². The maximum absolute atomic E-state index is 12.4. The van der Waals surface area contributed by atoms with Gasteiger partial charge in [-0.15, -0.1) is 12.6 Å². The van der Waals surface area contributed by atoms with Crippen molar-refractivity contribution in [1.82, 2.24) is 0 Å². The van der Waals surface area contributed by atoms with Crippen LogP contribution in [0.15, 0.2) is 15.4 Å². The van der Waals surface area contributed by atoms with Gasteiger partial charge in [0.15, 0.2) is 0 Å². The Kier molecular flexibility index (Phi) is 2.91. The molecule has 0 aliphatic carbocycles. The molecule has 0 unspecified atom stereocenters. The third kappa shape index (κ3) is 1.93. The summed E-state index contributed by atoms with van der Waals surface area (Å²) in [5, 5.41) is 0. The van der Waals surface area contributed by atoms with Crippen LogP contribution in [0.5, 0.6) is 0 Å². The van der Waals surface area contributed by atoms with E-state index in [2.05, 4.69) is 28.6 Å². The Morgan fingerprint density at radius 1 is 1.21 bits per heavy atom. The normalized spacial score (nSPS) is 11.8. The van der Waals surface area contributed by atoms with Crippen molar-refractivity contribution in [1.29, 1.82) is 0 Å². The van der Waals surface area contributed by atoms with Crippen LogP contribution in [0.25, 0.3) is 0 Å². The molecule has 0 saturated heterocycles. The molecule has 0 aliphatic heterocycles. The number of hydrogen-bond donors (Lipinski definition) is 3. The summed E-state index contributed by atoms with van der Waals surface area (Å²) in [5.41, 5.74) is 9.74. The topological polar surface area (TPSA) is 52.0 Å². The standard InChI is InChI=1S/C7H6BrF3N2S/c8-3-1-2(7(9,10)11)6(14)5(13)4(3)12/h1,14H,12-13H2. The first-order valence-electron chi connectivity index (χ1n) is 3.38. The Labute approximate surface area is 92.0 Å². The number of thiol groups is 1. The molecule has 0 aromatic heterocycles. The van der Waals surface area contributed by atoms with Crippen LogP contribution >= 0.6 is 28.6 Å². The van der Waals surface area contributed by atoms with Crippen molar-refractivity contribution in [3.05, 3.63) is 16.1 Å². The van der Waals surface area contributed by atoms with E-state index in [1.54, 1.807) is 0 Å². The molecule has 1 rings (SSSR count). The summed E-state index contributed by atoms with van der Waals surface area (Å²) in [6.07, 6.45) is -4.48. The highest BCUT2D eigenvalue weighted by molar-refractivity contribution is 9.10. The van der Waals surface area contributed by atoms with E-state index < -0.39 is 11.7 Å². The van der Waals surface area contributed by atoms with Gasteiger partial charge in [-0.2, -0.15) is 13.2 Å². The van der Waals surface area contributed by atoms with E-state index in [4.69, 9.17) is 11.5 Å². The minimum absolute atomic E-state index is 0.0583. The molecule has 0 amide bonds. The largest absolute Gasteiger partial charge is 0.417 e. The molecule has 14 heavy (non-hydrogen) atoms. The lowest BCUT2D eigenvalue weighted by atomic mass is 10.1. The fraction of sp³-hybridized carbons (Fsp3) is 0.143. The second-order valence-electron chi connectivity index (χ2n) is 2.58. The molecule has 0 saturated carbocycles. The Hall–Kier alpha value is -0.560. The van der Waals surface area contributed by atoms with Crippen molar-refractivity contribution in [2.75, 3.05) is 11.5 Å². The average Bonchev–Trinajstić information content (AvgIpc) is 2.06. The molecule has 7 heteroatoms. The molecular weight excluding hydrogens is 281 g/mol. The summed E-state index contributed by atoms with van der Waals surface area (Å²) in [4.78, 5) is -0.349. The smallest absolute Gasteiger partial charge is 0.396 e. The van der Waals surface area contributed by atoms with E-state index in [1.165, 1.54) is 0 Å². The van der Waals surface area contributed by atoms with E-state index >= 15 is 0 Å². The molecule has 1 aromatic rings. The summed E-state index contributed by atoms with van der Waals surface area (Å²) in [6, 6.07) is 0.855. The van der Waals surface area contributed by atoms with E-state index in [0.717, 1.165) is 6.07 Å². The van der Waals surface area contributed by atoms with Gasteiger partial charge < -0.3 is 11.5 Å². The first kappa shape index (κ1) is 11.5. The fourth-order valence-corrected chi connectivity index (χ4v) is 1.64. The summed E-state index contributed by atoms with van der Waals surface area (Å²) in [7, 11) is 0. The van der Waals surface area contributed by atoms with Crippen LogP contribution in [0.1, 0.15) is 5.56 Å². The zero-order chi connectivity index (χ0) is 11.1. The maximum Gasteiger partial charge on any atom is 0.417 e. The molecule has 0 fully saturated rings. The molecule has 0 atom stereocenters.